The predicted molar refractivity (Wildman–Crippen MR) is 135 cm³/mol. The van der Waals surface area contributed by atoms with Crippen LogP contribution in [0.3, 0.4) is 0 Å². The third-order valence-corrected chi connectivity index (χ3v) is 6.65. The van der Waals surface area contributed by atoms with Crippen LogP contribution in [0.1, 0.15) is 74.6 Å². The average Bonchev–Trinajstić information content (AvgIpc) is 3.12. The molecule has 0 saturated heterocycles. The van der Waals surface area contributed by atoms with Crippen molar-refractivity contribution in [2.45, 2.75) is 78.6 Å². The number of hydrogen-bond donors (Lipinski definition) is 1. The zero-order chi connectivity index (χ0) is 23.2. The molecule has 1 amide bonds. The number of aryl methyl sites for hydroxylation is 1. The van der Waals surface area contributed by atoms with Crippen molar-refractivity contribution >= 4 is 16.9 Å². The van der Waals surface area contributed by atoms with Crippen LogP contribution in [-0.2, 0) is 19.6 Å². The number of carbonyl (C=O) groups excluding carboxylic acids is 1. The van der Waals surface area contributed by atoms with Gasteiger partial charge in [-0.3, -0.25) is 4.79 Å². The Hall–Kier alpha value is -2.66. The van der Waals surface area contributed by atoms with Crippen LogP contribution < -0.4 is 5.32 Å². The molecule has 0 radical (unpaired) electrons. The van der Waals surface area contributed by atoms with Crippen LogP contribution >= 0.6 is 0 Å². The standard InChI is InChI=1S/C28H38N4O/c1-4-16-32-26-14-6-5-13-25(26)30-27(32)20-31(17-15-21(2)3)28(33)23-10-7-9-22(18-23)19-29-24-11-8-12-24/h5-7,9-10,13-14,18,21,24,29H,4,8,11-12,15-17,19-20H2,1-3H3. The van der Waals surface area contributed by atoms with Gasteiger partial charge in [0.1, 0.15) is 5.82 Å². The molecule has 1 fully saturated rings. The fraction of sp³-hybridized carbons (Fsp3) is 0.500. The van der Waals surface area contributed by atoms with Crippen molar-refractivity contribution in [1.29, 1.82) is 0 Å². The topological polar surface area (TPSA) is 50.2 Å². The molecular formula is C28H38N4O. The highest BCUT2D eigenvalue weighted by atomic mass is 16.2. The Bertz CT molecular complexity index is 1070. The van der Waals surface area contributed by atoms with Crippen molar-refractivity contribution in [2.75, 3.05) is 6.54 Å². The molecule has 5 heteroatoms. The number of amides is 1. The zero-order valence-corrected chi connectivity index (χ0v) is 20.4. The van der Waals surface area contributed by atoms with Crippen LogP contribution in [0.5, 0.6) is 0 Å². The molecule has 0 unspecified atom stereocenters. The lowest BCUT2D eigenvalue weighted by atomic mass is 9.93. The van der Waals surface area contributed by atoms with Gasteiger partial charge in [-0.1, -0.05) is 51.5 Å². The van der Waals surface area contributed by atoms with E-state index in [0.717, 1.165) is 54.9 Å². The Morgan fingerprint density at radius 2 is 2.00 bits per heavy atom. The van der Waals surface area contributed by atoms with Crippen LogP contribution in [0.4, 0.5) is 0 Å². The largest absolute Gasteiger partial charge is 0.331 e. The maximum absolute atomic E-state index is 13.7. The fourth-order valence-electron chi connectivity index (χ4n) is 4.43. The van der Waals surface area contributed by atoms with E-state index in [1.54, 1.807) is 0 Å². The van der Waals surface area contributed by atoms with Gasteiger partial charge in [0.25, 0.3) is 5.91 Å². The predicted octanol–water partition coefficient (Wildman–Crippen LogP) is 5.78. The Labute approximate surface area is 198 Å². The molecule has 0 spiro atoms. The van der Waals surface area contributed by atoms with E-state index in [2.05, 4.69) is 61.0 Å². The first-order valence-electron chi connectivity index (χ1n) is 12.6. The molecule has 1 heterocycles. The van der Waals surface area contributed by atoms with Crippen molar-refractivity contribution in [3.8, 4) is 0 Å². The van der Waals surface area contributed by atoms with Crippen LogP contribution in [-0.4, -0.2) is 32.9 Å². The molecule has 0 bridgehead atoms. The lowest BCUT2D eigenvalue weighted by molar-refractivity contribution is 0.0729. The van der Waals surface area contributed by atoms with E-state index in [-0.39, 0.29) is 5.91 Å². The maximum Gasteiger partial charge on any atom is 0.254 e. The van der Waals surface area contributed by atoms with E-state index >= 15 is 0 Å². The van der Waals surface area contributed by atoms with E-state index in [0.29, 0.717) is 18.5 Å². The van der Waals surface area contributed by atoms with Crippen molar-refractivity contribution in [3.63, 3.8) is 0 Å². The van der Waals surface area contributed by atoms with Gasteiger partial charge in [-0.25, -0.2) is 4.98 Å². The summed E-state index contributed by atoms with van der Waals surface area (Å²) in [5.74, 6) is 1.60. The normalized spacial score (nSPS) is 14.1. The molecule has 176 valence electrons. The summed E-state index contributed by atoms with van der Waals surface area (Å²) >= 11 is 0. The van der Waals surface area contributed by atoms with Gasteiger partial charge >= 0.3 is 0 Å². The number of imidazole rings is 1. The summed E-state index contributed by atoms with van der Waals surface area (Å²) in [5.41, 5.74) is 4.09. The second-order valence-corrected chi connectivity index (χ2v) is 9.79. The molecule has 5 nitrogen and oxygen atoms in total. The molecule has 1 aliphatic carbocycles. The van der Waals surface area contributed by atoms with E-state index in [4.69, 9.17) is 4.98 Å². The summed E-state index contributed by atoms with van der Waals surface area (Å²) < 4.78 is 2.28. The minimum atomic E-state index is 0.0937. The summed E-state index contributed by atoms with van der Waals surface area (Å²) in [7, 11) is 0. The van der Waals surface area contributed by atoms with Crippen molar-refractivity contribution in [3.05, 3.63) is 65.5 Å². The summed E-state index contributed by atoms with van der Waals surface area (Å²) in [6.45, 7) is 9.60. The van der Waals surface area contributed by atoms with Gasteiger partial charge in [0, 0.05) is 31.2 Å². The van der Waals surface area contributed by atoms with Gasteiger partial charge in [-0.2, -0.15) is 0 Å². The molecule has 0 atom stereocenters. The lowest BCUT2D eigenvalue weighted by Gasteiger charge is -2.27. The van der Waals surface area contributed by atoms with Crippen LogP contribution in [0, 0.1) is 5.92 Å². The molecule has 1 aliphatic rings. The number of hydrogen-bond acceptors (Lipinski definition) is 3. The number of nitrogens with zero attached hydrogens (tertiary/aromatic N) is 3. The minimum absolute atomic E-state index is 0.0937. The zero-order valence-electron chi connectivity index (χ0n) is 20.4. The van der Waals surface area contributed by atoms with Gasteiger partial charge < -0.3 is 14.8 Å². The minimum Gasteiger partial charge on any atom is -0.331 e. The van der Waals surface area contributed by atoms with E-state index < -0.39 is 0 Å². The molecule has 1 N–H and O–H groups in total. The van der Waals surface area contributed by atoms with Gasteiger partial charge in [-0.05, 0) is 61.4 Å². The molecule has 3 aromatic rings. The number of carbonyl (C=O) groups is 1. The first-order chi connectivity index (χ1) is 16.0. The van der Waals surface area contributed by atoms with Crippen molar-refractivity contribution in [2.24, 2.45) is 5.92 Å². The van der Waals surface area contributed by atoms with Crippen LogP contribution in [0.15, 0.2) is 48.5 Å². The summed E-state index contributed by atoms with van der Waals surface area (Å²) in [6, 6.07) is 17.0. The maximum atomic E-state index is 13.7. The molecule has 1 saturated carbocycles. The summed E-state index contributed by atoms with van der Waals surface area (Å²) in [4.78, 5) is 20.6. The highest BCUT2D eigenvalue weighted by Gasteiger charge is 2.21. The fourth-order valence-corrected chi connectivity index (χ4v) is 4.43. The van der Waals surface area contributed by atoms with Crippen molar-refractivity contribution in [1.82, 2.24) is 19.8 Å². The van der Waals surface area contributed by atoms with E-state index in [1.165, 1.54) is 24.8 Å². The Kier molecular flexibility index (Phi) is 7.81. The monoisotopic (exact) mass is 446 g/mol. The van der Waals surface area contributed by atoms with Crippen LogP contribution in [0.2, 0.25) is 0 Å². The molecular weight excluding hydrogens is 408 g/mol. The highest BCUT2D eigenvalue weighted by Crippen LogP contribution is 2.21. The molecule has 2 aromatic carbocycles. The Balaban J connectivity index is 1.56. The van der Waals surface area contributed by atoms with Gasteiger partial charge in [0.15, 0.2) is 0 Å². The first-order valence-corrected chi connectivity index (χ1v) is 12.6. The quantitative estimate of drug-likeness (QED) is 0.406. The SMILES string of the molecule is CCCn1c(CN(CCC(C)C)C(=O)c2cccc(CNC3CCC3)c2)nc2ccccc21. The van der Waals surface area contributed by atoms with Gasteiger partial charge in [-0.15, -0.1) is 0 Å². The summed E-state index contributed by atoms with van der Waals surface area (Å²) in [6.07, 6.45) is 5.86. The van der Waals surface area contributed by atoms with E-state index in [9.17, 15) is 4.79 Å². The number of benzene rings is 2. The number of aromatic nitrogens is 2. The number of rotatable bonds is 11. The lowest BCUT2D eigenvalue weighted by Crippen LogP contribution is -2.35. The molecule has 0 aliphatic heterocycles. The number of nitrogens with one attached hydrogen (secondary N) is 1. The number of fused-ring (bicyclic) bond motifs is 1. The second-order valence-electron chi connectivity index (χ2n) is 9.79. The molecule has 4 rings (SSSR count). The number of para-hydroxylation sites is 2. The van der Waals surface area contributed by atoms with E-state index in [1.807, 2.05) is 23.1 Å². The van der Waals surface area contributed by atoms with Crippen molar-refractivity contribution < 1.29 is 4.79 Å². The molecule has 33 heavy (non-hydrogen) atoms. The Morgan fingerprint density at radius 1 is 1.18 bits per heavy atom. The first kappa shape index (κ1) is 23.5. The smallest absolute Gasteiger partial charge is 0.254 e. The summed E-state index contributed by atoms with van der Waals surface area (Å²) in [5, 5.41) is 3.61. The second kappa shape index (κ2) is 11.0. The molecule has 1 aromatic heterocycles. The third-order valence-electron chi connectivity index (χ3n) is 6.65. The third kappa shape index (κ3) is 5.83. The van der Waals surface area contributed by atoms with Gasteiger partial charge in [0.2, 0.25) is 0 Å². The van der Waals surface area contributed by atoms with Gasteiger partial charge in [0.05, 0.1) is 17.6 Å². The van der Waals surface area contributed by atoms with Crippen LogP contribution in [0.25, 0.3) is 11.0 Å². The highest BCUT2D eigenvalue weighted by molar-refractivity contribution is 5.94. The Morgan fingerprint density at radius 3 is 2.73 bits per heavy atom. The average molecular weight is 447 g/mol.